The maximum atomic E-state index is 3.99. The maximum Gasteiger partial charge on any atom is 0.176 e. The molecule has 2 aromatic rings. The van der Waals surface area contributed by atoms with Crippen molar-refractivity contribution in [1.82, 2.24) is 20.4 Å². The number of fused-ring (bicyclic) bond motifs is 1. The largest absolute Gasteiger partial charge is 0.240 e. The molecule has 4 nitrogen and oxygen atoms in total. The van der Waals surface area contributed by atoms with E-state index in [4.69, 9.17) is 0 Å². The molecule has 2 heterocycles. The zero-order chi connectivity index (χ0) is 6.97. The first-order valence-electron chi connectivity index (χ1n) is 2.69. The number of nitrogens with one attached hydrogen (secondary N) is 1. The first-order valence-corrected chi connectivity index (χ1v) is 3.48. The lowest BCUT2D eigenvalue weighted by molar-refractivity contribution is 0.954. The van der Waals surface area contributed by atoms with Gasteiger partial charge in [-0.25, -0.2) is 10.1 Å². The average Bonchev–Trinajstić information content (AvgIpc) is 2.36. The fourth-order valence-electron chi connectivity index (χ4n) is 0.730. The standard InChI is InChI=1S/C5H3BrN4/c6-3-1-2-7-5-4(3)8-10-9-5/h1-2H,(H,7,8,9,10). The molecule has 0 aliphatic heterocycles. The van der Waals surface area contributed by atoms with E-state index in [-0.39, 0.29) is 0 Å². The van der Waals surface area contributed by atoms with Crippen LogP contribution in [0.4, 0.5) is 0 Å². The van der Waals surface area contributed by atoms with Gasteiger partial charge in [0.1, 0.15) is 5.52 Å². The number of aromatic nitrogens is 4. The molecule has 0 bridgehead atoms. The summed E-state index contributed by atoms with van der Waals surface area (Å²) in [4.78, 5) is 3.99. The number of hydrogen-bond acceptors (Lipinski definition) is 3. The van der Waals surface area contributed by atoms with Crippen LogP contribution < -0.4 is 0 Å². The molecule has 0 amide bonds. The first kappa shape index (κ1) is 5.79. The summed E-state index contributed by atoms with van der Waals surface area (Å²) in [7, 11) is 0. The summed E-state index contributed by atoms with van der Waals surface area (Å²) >= 11 is 3.31. The van der Waals surface area contributed by atoms with Gasteiger partial charge in [0, 0.05) is 6.20 Å². The molecule has 0 spiro atoms. The second-order valence-corrected chi connectivity index (χ2v) is 2.66. The topological polar surface area (TPSA) is 54.5 Å². The van der Waals surface area contributed by atoms with Crippen molar-refractivity contribution in [3.05, 3.63) is 16.7 Å². The zero-order valence-electron chi connectivity index (χ0n) is 4.87. The molecule has 1 N–H and O–H groups in total. The predicted octanol–water partition coefficient (Wildman–Crippen LogP) is 1.12. The number of hydrogen-bond donors (Lipinski definition) is 1. The summed E-state index contributed by atoms with van der Waals surface area (Å²) in [6.07, 6.45) is 1.69. The van der Waals surface area contributed by atoms with Crippen molar-refractivity contribution >= 4 is 27.1 Å². The van der Waals surface area contributed by atoms with Gasteiger partial charge in [0.2, 0.25) is 0 Å². The van der Waals surface area contributed by atoms with Gasteiger partial charge in [-0.2, -0.15) is 0 Å². The molecule has 0 radical (unpaired) electrons. The van der Waals surface area contributed by atoms with Crippen molar-refractivity contribution in [2.75, 3.05) is 0 Å². The van der Waals surface area contributed by atoms with Crippen molar-refractivity contribution in [3.8, 4) is 0 Å². The van der Waals surface area contributed by atoms with Gasteiger partial charge < -0.3 is 0 Å². The van der Waals surface area contributed by atoms with E-state index in [1.165, 1.54) is 0 Å². The van der Waals surface area contributed by atoms with E-state index < -0.39 is 0 Å². The van der Waals surface area contributed by atoms with Gasteiger partial charge in [0.05, 0.1) is 4.47 Å². The number of halogens is 1. The SMILES string of the molecule is Brc1ccnc2[nH]nnc12. The highest BCUT2D eigenvalue weighted by Crippen LogP contribution is 2.16. The third-order valence-electron chi connectivity index (χ3n) is 1.18. The van der Waals surface area contributed by atoms with Crippen LogP contribution in [0.1, 0.15) is 0 Å². The van der Waals surface area contributed by atoms with Gasteiger partial charge in [0.25, 0.3) is 0 Å². The highest BCUT2D eigenvalue weighted by molar-refractivity contribution is 9.10. The Balaban J connectivity index is 2.95. The molecular formula is C5H3BrN4. The quantitative estimate of drug-likeness (QED) is 0.691. The minimum Gasteiger partial charge on any atom is -0.240 e. The van der Waals surface area contributed by atoms with Crippen molar-refractivity contribution in [2.45, 2.75) is 0 Å². The Morgan fingerprint density at radius 2 is 2.40 bits per heavy atom. The van der Waals surface area contributed by atoms with E-state index in [9.17, 15) is 0 Å². The maximum absolute atomic E-state index is 3.99. The molecule has 0 aliphatic carbocycles. The van der Waals surface area contributed by atoms with Crippen LogP contribution >= 0.6 is 15.9 Å². The van der Waals surface area contributed by atoms with E-state index >= 15 is 0 Å². The molecule has 0 aliphatic rings. The van der Waals surface area contributed by atoms with Gasteiger partial charge in [-0.05, 0) is 22.0 Å². The number of aromatic amines is 1. The minimum atomic E-state index is 0.703. The van der Waals surface area contributed by atoms with Crippen molar-refractivity contribution in [2.24, 2.45) is 0 Å². The fourth-order valence-corrected chi connectivity index (χ4v) is 1.12. The Morgan fingerprint density at radius 1 is 1.50 bits per heavy atom. The summed E-state index contributed by atoms with van der Waals surface area (Å²) in [5, 5.41) is 10.1. The van der Waals surface area contributed by atoms with Gasteiger partial charge >= 0.3 is 0 Å². The van der Waals surface area contributed by atoms with Crippen LogP contribution in [0.15, 0.2) is 16.7 Å². The van der Waals surface area contributed by atoms with E-state index in [1.807, 2.05) is 6.07 Å². The van der Waals surface area contributed by atoms with Crippen LogP contribution in [0.25, 0.3) is 11.2 Å². The fraction of sp³-hybridized carbons (Fsp3) is 0. The van der Waals surface area contributed by atoms with Crippen molar-refractivity contribution < 1.29 is 0 Å². The molecule has 0 unspecified atom stereocenters. The smallest absolute Gasteiger partial charge is 0.176 e. The number of nitrogens with zero attached hydrogens (tertiary/aromatic N) is 3. The molecule has 2 rings (SSSR count). The van der Waals surface area contributed by atoms with Crippen LogP contribution in [0.5, 0.6) is 0 Å². The normalized spacial score (nSPS) is 10.5. The van der Waals surface area contributed by atoms with Crippen molar-refractivity contribution in [3.63, 3.8) is 0 Å². The minimum absolute atomic E-state index is 0.703. The van der Waals surface area contributed by atoms with E-state index in [0.29, 0.717) is 5.65 Å². The Kier molecular flexibility index (Phi) is 1.17. The lowest BCUT2D eigenvalue weighted by Crippen LogP contribution is -1.75. The second-order valence-electron chi connectivity index (χ2n) is 1.80. The van der Waals surface area contributed by atoms with Gasteiger partial charge in [0.15, 0.2) is 5.65 Å². The van der Waals surface area contributed by atoms with E-state index in [0.717, 1.165) is 9.99 Å². The van der Waals surface area contributed by atoms with Crippen LogP contribution in [0.3, 0.4) is 0 Å². The van der Waals surface area contributed by atoms with Crippen LogP contribution in [0.2, 0.25) is 0 Å². The third kappa shape index (κ3) is 0.706. The Bertz CT molecular complexity index is 355. The highest BCUT2D eigenvalue weighted by Gasteiger charge is 2.00. The number of pyridine rings is 1. The van der Waals surface area contributed by atoms with Gasteiger partial charge in [-0.3, -0.25) is 0 Å². The van der Waals surface area contributed by atoms with Crippen LogP contribution in [0, 0.1) is 0 Å². The molecule has 50 valence electrons. The lowest BCUT2D eigenvalue weighted by atomic mass is 10.4. The Hall–Kier alpha value is -0.970. The molecule has 10 heavy (non-hydrogen) atoms. The van der Waals surface area contributed by atoms with Crippen molar-refractivity contribution in [1.29, 1.82) is 0 Å². The summed E-state index contributed by atoms with van der Waals surface area (Å²) < 4.78 is 0.909. The van der Waals surface area contributed by atoms with Crippen LogP contribution in [-0.4, -0.2) is 20.4 Å². The Morgan fingerprint density at radius 3 is 3.20 bits per heavy atom. The molecular weight excluding hydrogens is 196 g/mol. The monoisotopic (exact) mass is 198 g/mol. The van der Waals surface area contributed by atoms with E-state index in [2.05, 4.69) is 36.3 Å². The average molecular weight is 199 g/mol. The molecule has 5 heteroatoms. The third-order valence-corrected chi connectivity index (χ3v) is 1.82. The molecule has 0 fully saturated rings. The predicted molar refractivity (Wildman–Crippen MR) is 39.4 cm³/mol. The summed E-state index contributed by atoms with van der Waals surface area (Å²) in [6.45, 7) is 0. The lowest BCUT2D eigenvalue weighted by Gasteiger charge is -1.86. The number of rotatable bonds is 0. The molecule has 2 aromatic heterocycles. The van der Waals surface area contributed by atoms with Gasteiger partial charge in [-0.15, -0.1) is 5.10 Å². The molecule has 0 aromatic carbocycles. The molecule has 0 atom stereocenters. The molecule has 0 saturated heterocycles. The van der Waals surface area contributed by atoms with Crippen LogP contribution in [-0.2, 0) is 0 Å². The van der Waals surface area contributed by atoms with E-state index in [1.54, 1.807) is 6.20 Å². The Labute approximate surface area is 64.8 Å². The number of H-pyrrole nitrogens is 1. The summed E-state index contributed by atoms with van der Waals surface area (Å²) in [6, 6.07) is 1.82. The highest BCUT2D eigenvalue weighted by atomic mass is 79.9. The summed E-state index contributed by atoms with van der Waals surface area (Å²) in [5.41, 5.74) is 1.47. The summed E-state index contributed by atoms with van der Waals surface area (Å²) in [5.74, 6) is 0. The second kappa shape index (κ2) is 2.02. The van der Waals surface area contributed by atoms with Gasteiger partial charge in [-0.1, -0.05) is 5.21 Å². The molecule has 0 saturated carbocycles. The zero-order valence-corrected chi connectivity index (χ0v) is 6.46. The first-order chi connectivity index (χ1) is 4.88.